The molecular weight excluding hydrogens is 258 g/mol. The van der Waals surface area contributed by atoms with E-state index in [1.807, 2.05) is 0 Å². The second kappa shape index (κ2) is 5.49. The Morgan fingerprint density at radius 2 is 2.00 bits per heavy atom. The summed E-state index contributed by atoms with van der Waals surface area (Å²) < 4.78 is 51.1. The van der Waals surface area contributed by atoms with Crippen molar-refractivity contribution >= 4 is 0 Å². The lowest BCUT2D eigenvalue weighted by atomic mass is 10.0. The molecule has 0 bridgehead atoms. The maximum Gasteiger partial charge on any atom is 0.416 e. The van der Waals surface area contributed by atoms with E-state index in [2.05, 4.69) is 12.2 Å². The van der Waals surface area contributed by atoms with Gasteiger partial charge in [0.25, 0.3) is 0 Å². The molecule has 0 amide bonds. The van der Waals surface area contributed by atoms with Crippen LogP contribution in [-0.2, 0) is 6.18 Å². The zero-order valence-electron chi connectivity index (χ0n) is 10.7. The van der Waals surface area contributed by atoms with Gasteiger partial charge in [-0.3, -0.25) is 0 Å². The molecule has 19 heavy (non-hydrogen) atoms. The summed E-state index contributed by atoms with van der Waals surface area (Å²) >= 11 is 0. The molecule has 0 aliphatic heterocycles. The van der Waals surface area contributed by atoms with Crippen LogP contribution in [0.3, 0.4) is 0 Å². The zero-order valence-corrected chi connectivity index (χ0v) is 10.7. The van der Waals surface area contributed by atoms with Crippen LogP contribution in [-0.4, -0.2) is 13.1 Å². The molecule has 1 aromatic carbocycles. The van der Waals surface area contributed by atoms with Gasteiger partial charge in [-0.2, -0.15) is 13.2 Å². The van der Waals surface area contributed by atoms with Gasteiger partial charge in [-0.05, 0) is 61.5 Å². The molecule has 0 radical (unpaired) electrons. The van der Waals surface area contributed by atoms with Gasteiger partial charge in [-0.1, -0.05) is 6.92 Å². The highest BCUT2D eigenvalue weighted by Gasteiger charge is 2.39. The lowest BCUT2D eigenvalue weighted by Crippen LogP contribution is -2.18. The lowest BCUT2D eigenvalue weighted by molar-refractivity contribution is -0.137. The summed E-state index contributed by atoms with van der Waals surface area (Å²) in [5.41, 5.74) is -0.426. The summed E-state index contributed by atoms with van der Waals surface area (Å²) in [5.74, 6) is -0.424. The summed E-state index contributed by atoms with van der Waals surface area (Å²) in [5, 5.41) is 3.24. The minimum atomic E-state index is -4.48. The number of hydrogen-bond acceptors (Lipinski definition) is 1. The number of rotatable bonds is 5. The van der Waals surface area contributed by atoms with E-state index >= 15 is 0 Å². The van der Waals surface area contributed by atoms with Gasteiger partial charge < -0.3 is 5.32 Å². The van der Waals surface area contributed by atoms with E-state index in [4.69, 9.17) is 0 Å². The average molecular weight is 275 g/mol. The number of alkyl halides is 3. The van der Waals surface area contributed by atoms with Crippen molar-refractivity contribution < 1.29 is 17.6 Å². The van der Waals surface area contributed by atoms with E-state index in [1.165, 1.54) is 6.07 Å². The summed E-state index contributed by atoms with van der Waals surface area (Å²) in [6.07, 6.45) is -2.63. The molecule has 1 saturated carbocycles. The van der Waals surface area contributed by atoms with Gasteiger partial charge in [0.05, 0.1) is 5.56 Å². The molecule has 0 heterocycles. The summed E-state index contributed by atoms with van der Waals surface area (Å²) in [4.78, 5) is 0. The molecule has 106 valence electrons. The minimum absolute atomic E-state index is 0.0566. The van der Waals surface area contributed by atoms with Crippen LogP contribution in [0, 0.1) is 11.7 Å². The second-order valence-corrected chi connectivity index (χ2v) is 5.08. The molecule has 0 spiro atoms. The van der Waals surface area contributed by atoms with Crippen molar-refractivity contribution in [3.8, 4) is 0 Å². The third kappa shape index (κ3) is 3.69. The molecule has 2 atom stereocenters. The zero-order chi connectivity index (χ0) is 14.0. The van der Waals surface area contributed by atoms with Gasteiger partial charge in [-0.15, -0.1) is 0 Å². The van der Waals surface area contributed by atoms with Gasteiger partial charge in [0.15, 0.2) is 0 Å². The first kappa shape index (κ1) is 14.3. The van der Waals surface area contributed by atoms with Crippen LogP contribution in [0.1, 0.15) is 36.8 Å². The Morgan fingerprint density at radius 3 is 2.63 bits per heavy atom. The Morgan fingerprint density at radius 1 is 1.26 bits per heavy atom. The highest BCUT2D eigenvalue weighted by molar-refractivity contribution is 5.32. The third-order valence-corrected chi connectivity index (χ3v) is 3.43. The van der Waals surface area contributed by atoms with Crippen LogP contribution >= 0.6 is 0 Å². The summed E-state index contributed by atoms with van der Waals surface area (Å²) in [6.45, 7) is 3.75. The van der Waals surface area contributed by atoms with Gasteiger partial charge in [-0.25, -0.2) is 4.39 Å². The van der Waals surface area contributed by atoms with E-state index in [9.17, 15) is 17.6 Å². The first-order valence-corrected chi connectivity index (χ1v) is 6.50. The van der Waals surface area contributed by atoms with Crippen LogP contribution in [0.5, 0.6) is 0 Å². The molecule has 1 aromatic rings. The van der Waals surface area contributed by atoms with E-state index in [1.54, 1.807) is 0 Å². The highest BCUT2D eigenvalue weighted by atomic mass is 19.4. The standard InChI is InChI=1S/C14H17F4N/c1-2-3-19-8-10-6-13(10)9-4-11(14(16,17)18)7-12(15)5-9/h4-5,7,10,13,19H,2-3,6,8H2,1H3. The summed E-state index contributed by atoms with van der Waals surface area (Å²) in [7, 11) is 0. The molecule has 2 unspecified atom stereocenters. The third-order valence-electron chi connectivity index (χ3n) is 3.43. The van der Waals surface area contributed by atoms with E-state index in [-0.39, 0.29) is 5.92 Å². The molecule has 1 N–H and O–H groups in total. The monoisotopic (exact) mass is 275 g/mol. The molecule has 1 aliphatic carbocycles. The van der Waals surface area contributed by atoms with Crippen molar-refractivity contribution in [2.24, 2.45) is 5.92 Å². The van der Waals surface area contributed by atoms with Crippen molar-refractivity contribution in [1.82, 2.24) is 5.32 Å². The summed E-state index contributed by atoms with van der Waals surface area (Å²) in [6, 6.07) is 2.85. The number of nitrogens with one attached hydrogen (secondary N) is 1. The van der Waals surface area contributed by atoms with E-state index in [0.717, 1.165) is 32.0 Å². The number of hydrogen-bond donors (Lipinski definition) is 1. The van der Waals surface area contributed by atoms with E-state index < -0.39 is 17.6 Å². The van der Waals surface area contributed by atoms with Crippen molar-refractivity contribution in [1.29, 1.82) is 0 Å². The number of benzene rings is 1. The predicted octanol–water partition coefficient (Wildman–Crippen LogP) is 3.95. The van der Waals surface area contributed by atoms with Crippen molar-refractivity contribution in [3.63, 3.8) is 0 Å². The van der Waals surface area contributed by atoms with E-state index in [0.29, 0.717) is 17.5 Å². The lowest BCUT2D eigenvalue weighted by Gasteiger charge is -2.09. The van der Waals surface area contributed by atoms with Gasteiger partial charge in [0.2, 0.25) is 0 Å². The minimum Gasteiger partial charge on any atom is -0.316 e. The van der Waals surface area contributed by atoms with Crippen molar-refractivity contribution in [2.45, 2.75) is 31.9 Å². The molecule has 1 nitrogen and oxygen atoms in total. The molecule has 1 aliphatic rings. The van der Waals surface area contributed by atoms with Gasteiger partial charge in [0.1, 0.15) is 5.82 Å². The van der Waals surface area contributed by atoms with Crippen LogP contribution in [0.2, 0.25) is 0 Å². The fraction of sp³-hybridized carbons (Fsp3) is 0.571. The Labute approximate surface area is 110 Å². The molecule has 5 heteroatoms. The molecule has 0 saturated heterocycles. The Hall–Kier alpha value is -1.10. The van der Waals surface area contributed by atoms with Crippen LogP contribution in [0.15, 0.2) is 18.2 Å². The van der Waals surface area contributed by atoms with Crippen LogP contribution in [0.25, 0.3) is 0 Å². The molecule has 1 fully saturated rings. The van der Waals surface area contributed by atoms with Gasteiger partial charge in [0, 0.05) is 0 Å². The SMILES string of the molecule is CCCNCC1CC1c1cc(F)cc(C(F)(F)F)c1. The normalized spacial score (nSPS) is 22.6. The first-order valence-electron chi connectivity index (χ1n) is 6.50. The molecular formula is C14H17F4N. The first-order chi connectivity index (χ1) is 8.91. The average Bonchev–Trinajstić information content (AvgIpc) is 3.07. The smallest absolute Gasteiger partial charge is 0.316 e. The maximum absolute atomic E-state index is 13.3. The largest absolute Gasteiger partial charge is 0.416 e. The fourth-order valence-corrected chi connectivity index (χ4v) is 2.34. The second-order valence-electron chi connectivity index (χ2n) is 5.08. The van der Waals surface area contributed by atoms with Crippen molar-refractivity contribution in [3.05, 3.63) is 35.1 Å². The van der Waals surface area contributed by atoms with Gasteiger partial charge >= 0.3 is 6.18 Å². The Balaban J connectivity index is 2.04. The highest BCUT2D eigenvalue weighted by Crippen LogP contribution is 2.48. The Bertz CT molecular complexity index is 442. The fourth-order valence-electron chi connectivity index (χ4n) is 2.34. The quantitative estimate of drug-likeness (QED) is 0.634. The number of halogens is 4. The van der Waals surface area contributed by atoms with Crippen LogP contribution < -0.4 is 5.32 Å². The Kier molecular flexibility index (Phi) is 4.13. The predicted molar refractivity (Wildman–Crippen MR) is 65.4 cm³/mol. The maximum atomic E-state index is 13.3. The molecule has 0 aromatic heterocycles. The molecule has 2 rings (SSSR count). The topological polar surface area (TPSA) is 12.0 Å². The van der Waals surface area contributed by atoms with Crippen LogP contribution in [0.4, 0.5) is 17.6 Å². The van der Waals surface area contributed by atoms with Crippen molar-refractivity contribution in [2.75, 3.05) is 13.1 Å².